The lowest BCUT2D eigenvalue weighted by Gasteiger charge is -2.32. The average molecular weight is 226 g/mol. The Kier molecular flexibility index (Phi) is 4.58. The summed E-state index contributed by atoms with van der Waals surface area (Å²) in [5.41, 5.74) is 0. The Morgan fingerprint density at radius 1 is 1.57 bits per heavy atom. The third kappa shape index (κ3) is 3.08. The number of piperidine rings is 1. The standard InChI is InChI=1S/C9H14ClF2NO/c10-4-3-8(14)13-5-1-2-7(6-13)9(11)12/h7,9H,1-6H2/t7-/m1/s1. The van der Waals surface area contributed by atoms with Crippen molar-refractivity contribution in [1.82, 2.24) is 4.90 Å². The molecule has 0 unspecified atom stereocenters. The Morgan fingerprint density at radius 3 is 2.86 bits per heavy atom. The topological polar surface area (TPSA) is 20.3 Å². The summed E-state index contributed by atoms with van der Waals surface area (Å²) >= 11 is 5.42. The summed E-state index contributed by atoms with van der Waals surface area (Å²) in [6, 6.07) is 0. The molecular weight excluding hydrogens is 212 g/mol. The van der Waals surface area contributed by atoms with Gasteiger partial charge in [0.25, 0.3) is 0 Å². The van der Waals surface area contributed by atoms with E-state index in [9.17, 15) is 13.6 Å². The Labute approximate surface area is 87.2 Å². The molecule has 0 spiro atoms. The van der Waals surface area contributed by atoms with Crippen LogP contribution in [-0.4, -0.2) is 36.2 Å². The second kappa shape index (κ2) is 5.49. The molecule has 0 saturated carbocycles. The summed E-state index contributed by atoms with van der Waals surface area (Å²) in [7, 11) is 0. The van der Waals surface area contributed by atoms with Crippen LogP contribution in [0, 0.1) is 5.92 Å². The molecule has 0 aliphatic carbocycles. The second-order valence-corrected chi connectivity index (χ2v) is 3.89. The largest absolute Gasteiger partial charge is 0.342 e. The van der Waals surface area contributed by atoms with E-state index in [1.165, 1.54) is 4.90 Å². The molecule has 1 heterocycles. The van der Waals surface area contributed by atoms with Crippen molar-refractivity contribution in [1.29, 1.82) is 0 Å². The molecule has 0 bridgehead atoms. The molecular formula is C9H14ClF2NO. The number of likely N-dealkylation sites (tertiary alicyclic amines) is 1. The van der Waals surface area contributed by atoms with Crippen molar-refractivity contribution in [3.63, 3.8) is 0 Å². The molecule has 0 radical (unpaired) electrons. The average Bonchev–Trinajstić information content (AvgIpc) is 2.18. The van der Waals surface area contributed by atoms with E-state index in [0.717, 1.165) is 0 Å². The monoisotopic (exact) mass is 225 g/mol. The van der Waals surface area contributed by atoms with Crippen molar-refractivity contribution >= 4 is 17.5 Å². The molecule has 82 valence electrons. The van der Waals surface area contributed by atoms with Gasteiger partial charge in [0.05, 0.1) is 0 Å². The van der Waals surface area contributed by atoms with Gasteiger partial charge in [0.15, 0.2) is 0 Å². The zero-order valence-electron chi connectivity index (χ0n) is 7.89. The molecule has 1 saturated heterocycles. The zero-order valence-corrected chi connectivity index (χ0v) is 8.64. The van der Waals surface area contributed by atoms with E-state index in [-0.39, 0.29) is 24.8 Å². The van der Waals surface area contributed by atoms with Gasteiger partial charge in [-0.3, -0.25) is 4.79 Å². The van der Waals surface area contributed by atoms with E-state index in [1.807, 2.05) is 0 Å². The summed E-state index contributed by atoms with van der Waals surface area (Å²) in [6.45, 7) is 0.784. The van der Waals surface area contributed by atoms with Crippen LogP contribution in [0.25, 0.3) is 0 Å². The van der Waals surface area contributed by atoms with Crippen molar-refractivity contribution < 1.29 is 13.6 Å². The van der Waals surface area contributed by atoms with Gasteiger partial charge in [0, 0.05) is 31.3 Å². The molecule has 1 aliphatic rings. The summed E-state index contributed by atoms with van der Waals surface area (Å²) in [4.78, 5) is 12.9. The lowest BCUT2D eigenvalue weighted by atomic mass is 9.98. The highest BCUT2D eigenvalue weighted by atomic mass is 35.5. The maximum Gasteiger partial charge on any atom is 0.243 e. The third-order valence-corrected chi connectivity index (χ3v) is 2.66. The Bertz CT molecular complexity index is 201. The highest BCUT2D eigenvalue weighted by Crippen LogP contribution is 2.22. The first-order chi connectivity index (χ1) is 6.65. The van der Waals surface area contributed by atoms with Crippen molar-refractivity contribution in [2.75, 3.05) is 19.0 Å². The van der Waals surface area contributed by atoms with E-state index in [1.54, 1.807) is 0 Å². The number of carbonyl (C=O) groups excluding carboxylic acids is 1. The summed E-state index contributed by atoms with van der Waals surface area (Å²) in [5.74, 6) is -0.498. The maximum absolute atomic E-state index is 12.4. The SMILES string of the molecule is O=C(CCCl)N1CCC[C@@H](C(F)F)C1. The van der Waals surface area contributed by atoms with Gasteiger partial charge >= 0.3 is 0 Å². The number of alkyl halides is 3. The van der Waals surface area contributed by atoms with Gasteiger partial charge in [0.1, 0.15) is 0 Å². The predicted octanol–water partition coefficient (Wildman–Crippen LogP) is 2.12. The highest BCUT2D eigenvalue weighted by molar-refractivity contribution is 6.18. The Balaban J connectivity index is 2.43. The molecule has 1 fully saturated rings. The van der Waals surface area contributed by atoms with Crippen LogP contribution in [-0.2, 0) is 4.79 Å². The molecule has 0 aromatic rings. The minimum Gasteiger partial charge on any atom is -0.342 e. The van der Waals surface area contributed by atoms with Crippen LogP contribution in [0.15, 0.2) is 0 Å². The van der Waals surface area contributed by atoms with E-state index < -0.39 is 12.3 Å². The maximum atomic E-state index is 12.4. The number of hydrogen-bond acceptors (Lipinski definition) is 1. The zero-order chi connectivity index (χ0) is 10.6. The number of amides is 1. The normalized spacial score (nSPS) is 22.9. The summed E-state index contributed by atoms with van der Waals surface area (Å²) in [5, 5.41) is 0. The molecule has 14 heavy (non-hydrogen) atoms. The van der Waals surface area contributed by atoms with Crippen LogP contribution in [0.3, 0.4) is 0 Å². The minimum absolute atomic E-state index is 0.106. The van der Waals surface area contributed by atoms with Gasteiger partial charge in [-0.25, -0.2) is 8.78 Å². The molecule has 2 nitrogen and oxygen atoms in total. The van der Waals surface area contributed by atoms with Crippen LogP contribution >= 0.6 is 11.6 Å². The van der Waals surface area contributed by atoms with Crippen LogP contribution < -0.4 is 0 Å². The fourth-order valence-electron chi connectivity index (χ4n) is 1.68. The van der Waals surface area contributed by atoms with Crippen molar-refractivity contribution in [3.05, 3.63) is 0 Å². The number of carbonyl (C=O) groups is 1. The fraction of sp³-hybridized carbons (Fsp3) is 0.889. The van der Waals surface area contributed by atoms with Crippen molar-refractivity contribution in [3.8, 4) is 0 Å². The number of rotatable bonds is 3. The summed E-state index contributed by atoms with van der Waals surface area (Å²) < 4.78 is 24.8. The number of nitrogens with zero attached hydrogens (tertiary/aromatic N) is 1. The molecule has 0 aromatic heterocycles. The van der Waals surface area contributed by atoms with Gasteiger partial charge < -0.3 is 4.90 Å². The van der Waals surface area contributed by atoms with Gasteiger partial charge in [-0.15, -0.1) is 11.6 Å². The molecule has 1 aliphatic heterocycles. The van der Waals surface area contributed by atoms with Crippen LogP contribution in [0.4, 0.5) is 8.78 Å². The smallest absolute Gasteiger partial charge is 0.243 e. The van der Waals surface area contributed by atoms with Crippen LogP contribution in [0.5, 0.6) is 0 Å². The van der Waals surface area contributed by atoms with E-state index in [0.29, 0.717) is 19.4 Å². The van der Waals surface area contributed by atoms with Gasteiger partial charge in [-0.1, -0.05) is 0 Å². The predicted molar refractivity (Wildman–Crippen MR) is 50.6 cm³/mol. The van der Waals surface area contributed by atoms with Crippen LogP contribution in [0.2, 0.25) is 0 Å². The minimum atomic E-state index is -2.32. The van der Waals surface area contributed by atoms with Crippen LogP contribution in [0.1, 0.15) is 19.3 Å². The van der Waals surface area contributed by atoms with E-state index >= 15 is 0 Å². The quantitative estimate of drug-likeness (QED) is 0.674. The molecule has 5 heteroatoms. The molecule has 1 rings (SSSR count). The van der Waals surface area contributed by atoms with Crippen molar-refractivity contribution in [2.45, 2.75) is 25.7 Å². The first-order valence-corrected chi connectivity index (χ1v) is 5.30. The fourth-order valence-corrected chi connectivity index (χ4v) is 1.84. The lowest BCUT2D eigenvalue weighted by Crippen LogP contribution is -2.42. The van der Waals surface area contributed by atoms with E-state index in [4.69, 9.17) is 11.6 Å². The van der Waals surface area contributed by atoms with Crippen molar-refractivity contribution in [2.24, 2.45) is 5.92 Å². The molecule has 1 atom stereocenters. The molecule has 0 aromatic carbocycles. The number of hydrogen-bond donors (Lipinski definition) is 0. The molecule has 1 amide bonds. The van der Waals surface area contributed by atoms with Gasteiger partial charge in [-0.2, -0.15) is 0 Å². The van der Waals surface area contributed by atoms with Gasteiger partial charge in [-0.05, 0) is 12.8 Å². The first kappa shape index (κ1) is 11.7. The second-order valence-electron chi connectivity index (χ2n) is 3.52. The third-order valence-electron chi connectivity index (χ3n) is 2.48. The molecule has 0 N–H and O–H groups in total. The summed E-state index contributed by atoms with van der Waals surface area (Å²) in [6.07, 6.45) is -0.885. The first-order valence-electron chi connectivity index (χ1n) is 4.77. The number of halogens is 3. The lowest BCUT2D eigenvalue weighted by molar-refractivity contribution is -0.133. The highest BCUT2D eigenvalue weighted by Gasteiger charge is 2.28. The Hall–Kier alpha value is -0.380. The Morgan fingerprint density at radius 2 is 2.29 bits per heavy atom. The van der Waals surface area contributed by atoms with E-state index in [2.05, 4.69) is 0 Å². The van der Waals surface area contributed by atoms with Gasteiger partial charge in [0.2, 0.25) is 12.3 Å².